The van der Waals surface area contributed by atoms with Gasteiger partial charge in [0.05, 0.1) is 25.1 Å². The highest BCUT2D eigenvalue weighted by molar-refractivity contribution is 5.92. The number of nitrogens with one attached hydrogen (secondary N) is 1. The molecule has 0 spiro atoms. The van der Waals surface area contributed by atoms with Crippen LogP contribution in [0.2, 0.25) is 0 Å². The minimum absolute atomic E-state index is 0.281. The summed E-state index contributed by atoms with van der Waals surface area (Å²) in [5.74, 6) is 0.384. The molecule has 0 aliphatic rings. The minimum atomic E-state index is -0.383. The fourth-order valence-electron chi connectivity index (χ4n) is 2.42. The molecule has 6 nitrogen and oxygen atoms in total. The van der Waals surface area contributed by atoms with Crippen LogP contribution >= 0.6 is 0 Å². The molecule has 1 heterocycles. The maximum Gasteiger partial charge on any atom is 0.295 e. The average Bonchev–Trinajstić information content (AvgIpc) is 3.12. The van der Waals surface area contributed by atoms with Gasteiger partial charge in [0.1, 0.15) is 5.75 Å². The van der Waals surface area contributed by atoms with Crippen molar-refractivity contribution in [2.75, 3.05) is 13.7 Å². The quantitative estimate of drug-likeness (QED) is 0.701. The summed E-state index contributed by atoms with van der Waals surface area (Å²) in [6, 6.07) is 19.0. The van der Waals surface area contributed by atoms with Crippen molar-refractivity contribution in [1.82, 2.24) is 15.3 Å². The second-order valence-corrected chi connectivity index (χ2v) is 5.25. The van der Waals surface area contributed by atoms with Crippen LogP contribution < -0.4 is 10.2 Å². The second kappa shape index (κ2) is 7.63. The molecule has 25 heavy (non-hydrogen) atoms. The summed E-state index contributed by atoms with van der Waals surface area (Å²) < 4.78 is 6.94. The van der Waals surface area contributed by atoms with Gasteiger partial charge in [-0.1, -0.05) is 18.2 Å². The Morgan fingerprint density at radius 2 is 1.84 bits per heavy atom. The molecule has 1 aromatic heterocycles. The third-order valence-corrected chi connectivity index (χ3v) is 3.64. The Morgan fingerprint density at radius 1 is 1.12 bits per heavy atom. The SMILES string of the molecule is CCONC(=O)c1cc(-c2ccc(OC)cc2)n(-c2ccccc2)n1. The van der Waals surface area contributed by atoms with Gasteiger partial charge in [0.25, 0.3) is 5.91 Å². The molecule has 6 heteroatoms. The monoisotopic (exact) mass is 337 g/mol. The molecule has 0 saturated heterocycles. The fourth-order valence-corrected chi connectivity index (χ4v) is 2.42. The Kier molecular flexibility index (Phi) is 5.11. The number of benzene rings is 2. The van der Waals surface area contributed by atoms with Crippen molar-refractivity contribution in [3.8, 4) is 22.7 Å². The maximum absolute atomic E-state index is 12.2. The van der Waals surface area contributed by atoms with E-state index in [-0.39, 0.29) is 11.6 Å². The van der Waals surface area contributed by atoms with Crippen LogP contribution in [0.3, 0.4) is 0 Å². The smallest absolute Gasteiger partial charge is 0.295 e. The van der Waals surface area contributed by atoms with Crippen LogP contribution in [0.25, 0.3) is 16.9 Å². The van der Waals surface area contributed by atoms with E-state index in [9.17, 15) is 4.79 Å². The lowest BCUT2D eigenvalue weighted by Gasteiger charge is -2.08. The van der Waals surface area contributed by atoms with Gasteiger partial charge in [-0.2, -0.15) is 5.10 Å². The summed E-state index contributed by atoms with van der Waals surface area (Å²) in [6.45, 7) is 2.18. The summed E-state index contributed by atoms with van der Waals surface area (Å²) in [4.78, 5) is 17.2. The first-order valence-electron chi connectivity index (χ1n) is 7.95. The molecule has 0 aliphatic heterocycles. The van der Waals surface area contributed by atoms with Crippen LogP contribution in [0.5, 0.6) is 5.75 Å². The highest BCUT2D eigenvalue weighted by Crippen LogP contribution is 2.26. The number of rotatable bonds is 6. The molecule has 0 unspecified atom stereocenters. The number of hydroxylamine groups is 1. The fraction of sp³-hybridized carbons (Fsp3) is 0.158. The zero-order chi connectivity index (χ0) is 17.6. The lowest BCUT2D eigenvalue weighted by atomic mass is 10.1. The molecular formula is C19H19N3O3. The molecule has 1 amide bonds. The summed E-state index contributed by atoms with van der Waals surface area (Å²) in [7, 11) is 1.62. The largest absolute Gasteiger partial charge is 0.497 e. The zero-order valence-electron chi connectivity index (χ0n) is 14.1. The molecule has 0 fully saturated rings. The molecule has 3 aromatic rings. The van der Waals surface area contributed by atoms with Crippen molar-refractivity contribution < 1.29 is 14.4 Å². The standard InChI is InChI=1S/C19H19N3O3/c1-3-25-21-19(23)17-13-18(14-9-11-16(24-2)12-10-14)22(20-17)15-7-5-4-6-8-15/h4-13H,3H2,1-2H3,(H,21,23). The Hall–Kier alpha value is -3.12. The van der Waals surface area contributed by atoms with Gasteiger partial charge in [-0.05, 0) is 49.4 Å². The Labute approximate surface area is 146 Å². The molecule has 0 bridgehead atoms. The number of ether oxygens (including phenoxy) is 1. The van der Waals surface area contributed by atoms with E-state index in [4.69, 9.17) is 9.57 Å². The van der Waals surface area contributed by atoms with Gasteiger partial charge in [0.2, 0.25) is 0 Å². The second-order valence-electron chi connectivity index (χ2n) is 5.25. The molecule has 3 rings (SSSR count). The average molecular weight is 337 g/mol. The molecule has 0 radical (unpaired) electrons. The Bertz CT molecular complexity index is 842. The molecule has 0 saturated carbocycles. The van der Waals surface area contributed by atoms with E-state index in [1.165, 1.54) is 0 Å². The van der Waals surface area contributed by atoms with Crippen molar-refractivity contribution >= 4 is 5.91 Å². The number of para-hydroxylation sites is 1. The van der Waals surface area contributed by atoms with E-state index in [0.717, 1.165) is 22.7 Å². The summed E-state index contributed by atoms with van der Waals surface area (Å²) in [5.41, 5.74) is 5.25. The number of carbonyl (C=O) groups excluding carboxylic acids is 1. The van der Waals surface area contributed by atoms with Crippen molar-refractivity contribution in [3.05, 3.63) is 66.4 Å². The van der Waals surface area contributed by atoms with Gasteiger partial charge in [-0.3, -0.25) is 9.63 Å². The van der Waals surface area contributed by atoms with Crippen LogP contribution in [0.4, 0.5) is 0 Å². The van der Waals surface area contributed by atoms with Crippen LogP contribution in [0.1, 0.15) is 17.4 Å². The number of amides is 1. The minimum Gasteiger partial charge on any atom is -0.497 e. The lowest BCUT2D eigenvalue weighted by Crippen LogP contribution is -2.24. The first-order chi connectivity index (χ1) is 12.2. The first kappa shape index (κ1) is 16.7. The number of methoxy groups -OCH3 is 1. The van der Waals surface area contributed by atoms with E-state index < -0.39 is 0 Å². The van der Waals surface area contributed by atoms with E-state index in [0.29, 0.717) is 6.61 Å². The van der Waals surface area contributed by atoms with Gasteiger partial charge < -0.3 is 4.74 Å². The summed E-state index contributed by atoms with van der Waals surface area (Å²) >= 11 is 0. The number of nitrogens with zero attached hydrogens (tertiary/aromatic N) is 2. The van der Waals surface area contributed by atoms with Crippen LogP contribution in [0.15, 0.2) is 60.7 Å². The van der Waals surface area contributed by atoms with Crippen molar-refractivity contribution in [3.63, 3.8) is 0 Å². The highest BCUT2D eigenvalue weighted by atomic mass is 16.6. The van der Waals surface area contributed by atoms with Gasteiger partial charge in [-0.25, -0.2) is 10.2 Å². The number of carbonyl (C=O) groups is 1. The van der Waals surface area contributed by atoms with Crippen LogP contribution in [-0.2, 0) is 4.84 Å². The van der Waals surface area contributed by atoms with E-state index in [2.05, 4.69) is 10.6 Å². The molecule has 0 aliphatic carbocycles. The predicted molar refractivity (Wildman–Crippen MR) is 94.6 cm³/mol. The third kappa shape index (κ3) is 3.70. The lowest BCUT2D eigenvalue weighted by molar-refractivity contribution is 0.0359. The van der Waals surface area contributed by atoms with E-state index in [1.807, 2.05) is 54.6 Å². The van der Waals surface area contributed by atoms with Crippen molar-refractivity contribution in [1.29, 1.82) is 0 Å². The van der Waals surface area contributed by atoms with Crippen LogP contribution in [-0.4, -0.2) is 29.4 Å². The van der Waals surface area contributed by atoms with Gasteiger partial charge >= 0.3 is 0 Å². The van der Waals surface area contributed by atoms with Gasteiger partial charge in [0, 0.05) is 5.56 Å². The van der Waals surface area contributed by atoms with Crippen molar-refractivity contribution in [2.45, 2.75) is 6.92 Å². The number of hydrogen-bond donors (Lipinski definition) is 1. The van der Waals surface area contributed by atoms with Crippen molar-refractivity contribution in [2.24, 2.45) is 0 Å². The van der Waals surface area contributed by atoms with E-state index in [1.54, 1.807) is 24.8 Å². The third-order valence-electron chi connectivity index (χ3n) is 3.64. The predicted octanol–water partition coefficient (Wildman–Crippen LogP) is 3.23. The summed E-state index contributed by atoms with van der Waals surface area (Å²) in [6.07, 6.45) is 0. The maximum atomic E-state index is 12.2. The number of hydrogen-bond acceptors (Lipinski definition) is 4. The van der Waals surface area contributed by atoms with Gasteiger partial charge in [-0.15, -0.1) is 0 Å². The molecule has 128 valence electrons. The summed E-state index contributed by atoms with van der Waals surface area (Å²) in [5, 5.41) is 4.45. The van der Waals surface area contributed by atoms with Crippen LogP contribution in [0, 0.1) is 0 Å². The first-order valence-corrected chi connectivity index (χ1v) is 7.95. The molecule has 2 aromatic carbocycles. The molecular weight excluding hydrogens is 318 g/mol. The topological polar surface area (TPSA) is 65.4 Å². The molecule has 1 N–H and O–H groups in total. The molecule has 0 atom stereocenters. The highest BCUT2D eigenvalue weighted by Gasteiger charge is 2.16. The van der Waals surface area contributed by atoms with Gasteiger partial charge in [0.15, 0.2) is 5.69 Å². The zero-order valence-corrected chi connectivity index (χ0v) is 14.1. The van der Waals surface area contributed by atoms with E-state index >= 15 is 0 Å². The normalized spacial score (nSPS) is 10.5. The Morgan fingerprint density at radius 3 is 2.48 bits per heavy atom. The number of aromatic nitrogens is 2. The Balaban J connectivity index is 2.04.